The predicted octanol–water partition coefficient (Wildman–Crippen LogP) is 5.77. The lowest BCUT2D eigenvalue weighted by atomic mass is 9.97. The van der Waals surface area contributed by atoms with Gasteiger partial charge in [0.1, 0.15) is 5.76 Å². The fraction of sp³-hybridized carbons (Fsp3) is 0.824. The van der Waals surface area contributed by atoms with Gasteiger partial charge in [-0.05, 0) is 20.3 Å². The molecule has 1 heterocycles. The maximum atomic E-state index is 11.6. The van der Waals surface area contributed by atoms with E-state index in [4.69, 9.17) is 0 Å². The van der Waals surface area contributed by atoms with Crippen LogP contribution < -0.4 is 0 Å². The molecule has 0 spiro atoms. The predicted molar refractivity (Wildman–Crippen MR) is 88.2 cm³/mol. The van der Waals surface area contributed by atoms with Crippen molar-refractivity contribution in [1.82, 2.24) is 0 Å². The number of carbonyl (C=O) groups is 1. The van der Waals surface area contributed by atoms with Gasteiger partial charge in [0, 0.05) is 5.57 Å². The quantitative estimate of drug-likeness (QED) is 0.520. The van der Waals surface area contributed by atoms with Gasteiger partial charge in [0.05, 0.1) is 4.75 Å². The van der Waals surface area contributed by atoms with Crippen molar-refractivity contribution in [3.05, 3.63) is 11.3 Å². The van der Waals surface area contributed by atoms with Gasteiger partial charge in [-0.1, -0.05) is 76.5 Å². The Bertz CT molecular complexity index is 349. The number of hydrogen-bond donors (Lipinski definition) is 1. The molecule has 0 aromatic carbocycles. The van der Waals surface area contributed by atoms with Crippen LogP contribution in [-0.2, 0) is 4.79 Å². The van der Waals surface area contributed by atoms with Gasteiger partial charge in [0.2, 0.25) is 5.12 Å². The maximum Gasteiger partial charge on any atom is 0.219 e. The van der Waals surface area contributed by atoms with Gasteiger partial charge in [-0.15, -0.1) is 0 Å². The molecule has 0 radical (unpaired) electrons. The number of aliphatic hydroxyl groups excluding tert-OH is 1. The van der Waals surface area contributed by atoms with E-state index in [0.29, 0.717) is 11.3 Å². The molecule has 3 heteroatoms. The van der Waals surface area contributed by atoms with Crippen molar-refractivity contribution in [1.29, 1.82) is 0 Å². The molecule has 0 aliphatic carbocycles. The van der Waals surface area contributed by atoms with Crippen molar-refractivity contribution < 1.29 is 9.90 Å². The number of unbranched alkanes of at least 4 members (excludes halogenated alkanes) is 8. The Morgan fingerprint density at radius 3 is 1.95 bits per heavy atom. The molecule has 0 saturated heterocycles. The van der Waals surface area contributed by atoms with Crippen LogP contribution >= 0.6 is 11.8 Å². The summed E-state index contributed by atoms with van der Waals surface area (Å²) < 4.78 is -0.359. The Kier molecular flexibility index (Phi) is 7.71. The highest BCUT2D eigenvalue weighted by Crippen LogP contribution is 2.45. The summed E-state index contributed by atoms with van der Waals surface area (Å²) in [5, 5.41) is 10.1. The second-order valence-corrected chi connectivity index (χ2v) is 7.65. The Balaban J connectivity index is 2.09. The fourth-order valence-corrected chi connectivity index (χ4v) is 3.92. The molecule has 1 aliphatic rings. The van der Waals surface area contributed by atoms with Crippen molar-refractivity contribution in [2.45, 2.75) is 89.7 Å². The van der Waals surface area contributed by atoms with Crippen LogP contribution in [0.15, 0.2) is 11.3 Å². The van der Waals surface area contributed by atoms with Gasteiger partial charge in [-0.3, -0.25) is 4.79 Å². The second kappa shape index (κ2) is 8.76. The molecule has 1 aliphatic heterocycles. The molecular formula is C17H30O2S. The fourth-order valence-electron chi connectivity index (χ4n) is 2.77. The number of thioether (sulfide) groups is 1. The first-order valence-electron chi connectivity index (χ1n) is 8.15. The minimum atomic E-state index is -0.359. The van der Waals surface area contributed by atoms with E-state index < -0.39 is 0 Å². The first-order chi connectivity index (χ1) is 9.51. The summed E-state index contributed by atoms with van der Waals surface area (Å²) in [6.45, 7) is 5.97. The van der Waals surface area contributed by atoms with Crippen LogP contribution in [0.25, 0.3) is 0 Å². The summed E-state index contributed by atoms with van der Waals surface area (Å²) in [6.07, 6.45) is 12.6. The molecule has 1 rings (SSSR count). The van der Waals surface area contributed by atoms with E-state index in [-0.39, 0.29) is 9.86 Å². The Morgan fingerprint density at radius 2 is 1.50 bits per heavy atom. The zero-order valence-electron chi connectivity index (χ0n) is 13.3. The van der Waals surface area contributed by atoms with Crippen LogP contribution in [0.4, 0.5) is 0 Å². The van der Waals surface area contributed by atoms with Crippen molar-refractivity contribution in [3.8, 4) is 0 Å². The molecule has 1 atom stereocenters. The summed E-state index contributed by atoms with van der Waals surface area (Å²) >= 11 is 1.30. The third-order valence-electron chi connectivity index (χ3n) is 4.24. The molecule has 0 aromatic rings. The highest BCUT2D eigenvalue weighted by atomic mass is 32.2. The molecule has 1 N–H and O–H groups in total. The van der Waals surface area contributed by atoms with E-state index >= 15 is 0 Å². The van der Waals surface area contributed by atoms with E-state index in [1.807, 2.05) is 6.92 Å². The Hall–Kier alpha value is -0.440. The molecule has 0 bridgehead atoms. The minimum absolute atomic E-state index is 0.0425. The zero-order valence-corrected chi connectivity index (χ0v) is 14.2. The first-order valence-corrected chi connectivity index (χ1v) is 8.96. The summed E-state index contributed by atoms with van der Waals surface area (Å²) in [4.78, 5) is 11.6. The molecular weight excluding hydrogens is 268 g/mol. The van der Waals surface area contributed by atoms with Crippen LogP contribution in [-0.4, -0.2) is 15.0 Å². The minimum Gasteiger partial charge on any atom is -0.510 e. The highest BCUT2D eigenvalue weighted by Gasteiger charge is 2.41. The number of carbonyl (C=O) groups excluding carboxylic acids is 1. The molecule has 2 nitrogen and oxygen atoms in total. The summed E-state index contributed by atoms with van der Waals surface area (Å²) in [5.41, 5.74) is 0.549. The van der Waals surface area contributed by atoms with Crippen LogP contribution in [0, 0.1) is 0 Å². The first kappa shape index (κ1) is 17.6. The van der Waals surface area contributed by atoms with E-state index in [0.717, 1.165) is 12.8 Å². The van der Waals surface area contributed by atoms with Crippen LogP contribution in [0.5, 0.6) is 0 Å². The Morgan fingerprint density at radius 1 is 1.00 bits per heavy atom. The summed E-state index contributed by atoms with van der Waals surface area (Å²) in [5.74, 6) is 0.312. The topological polar surface area (TPSA) is 37.3 Å². The van der Waals surface area contributed by atoms with E-state index in [2.05, 4.69) is 6.92 Å². The van der Waals surface area contributed by atoms with Crippen LogP contribution in [0.1, 0.15) is 85.0 Å². The van der Waals surface area contributed by atoms with E-state index in [1.165, 1.54) is 63.1 Å². The van der Waals surface area contributed by atoms with E-state index in [1.54, 1.807) is 6.92 Å². The SMILES string of the molecule is CCCCCCCCCCCC1(C)SC(=O)C(C)=C1O. The molecule has 0 fully saturated rings. The van der Waals surface area contributed by atoms with Crippen molar-refractivity contribution in [3.63, 3.8) is 0 Å². The van der Waals surface area contributed by atoms with Crippen molar-refractivity contribution in [2.24, 2.45) is 0 Å². The maximum absolute atomic E-state index is 11.6. The third-order valence-corrected chi connectivity index (χ3v) is 5.58. The lowest BCUT2D eigenvalue weighted by Gasteiger charge is -2.22. The second-order valence-electron chi connectivity index (χ2n) is 6.17. The van der Waals surface area contributed by atoms with Gasteiger partial charge < -0.3 is 5.11 Å². The van der Waals surface area contributed by atoms with Crippen LogP contribution in [0.3, 0.4) is 0 Å². The molecule has 0 aromatic heterocycles. The van der Waals surface area contributed by atoms with Crippen molar-refractivity contribution >= 4 is 16.9 Å². The van der Waals surface area contributed by atoms with Gasteiger partial charge in [0.25, 0.3) is 0 Å². The van der Waals surface area contributed by atoms with Gasteiger partial charge >= 0.3 is 0 Å². The normalized spacial score (nSPS) is 22.9. The third kappa shape index (κ3) is 5.16. The van der Waals surface area contributed by atoms with Gasteiger partial charge in [-0.25, -0.2) is 0 Å². The Labute approximate surface area is 128 Å². The zero-order chi connectivity index (χ0) is 15.0. The van der Waals surface area contributed by atoms with Crippen LogP contribution in [0.2, 0.25) is 0 Å². The molecule has 0 saturated carbocycles. The van der Waals surface area contributed by atoms with E-state index in [9.17, 15) is 9.90 Å². The van der Waals surface area contributed by atoms with Crippen molar-refractivity contribution in [2.75, 3.05) is 0 Å². The standard InChI is InChI=1S/C17H30O2S/c1-4-5-6-7-8-9-10-11-12-13-17(3)15(18)14(2)16(19)20-17/h18H,4-13H2,1-3H3. The number of hydrogen-bond acceptors (Lipinski definition) is 3. The molecule has 1 unspecified atom stereocenters. The number of aliphatic hydroxyl groups is 1. The summed E-state index contributed by atoms with van der Waals surface area (Å²) in [7, 11) is 0. The summed E-state index contributed by atoms with van der Waals surface area (Å²) in [6, 6.07) is 0. The van der Waals surface area contributed by atoms with Gasteiger partial charge in [0.15, 0.2) is 0 Å². The monoisotopic (exact) mass is 298 g/mol. The lowest BCUT2D eigenvalue weighted by molar-refractivity contribution is -0.107. The number of rotatable bonds is 10. The average molecular weight is 298 g/mol. The lowest BCUT2D eigenvalue weighted by Crippen LogP contribution is -2.20. The smallest absolute Gasteiger partial charge is 0.219 e. The average Bonchev–Trinajstić information content (AvgIpc) is 2.61. The van der Waals surface area contributed by atoms with Gasteiger partial charge in [-0.2, -0.15) is 0 Å². The molecule has 20 heavy (non-hydrogen) atoms. The molecule has 0 amide bonds. The molecule has 116 valence electrons. The highest BCUT2D eigenvalue weighted by molar-refractivity contribution is 8.15. The largest absolute Gasteiger partial charge is 0.510 e.